The first-order valence-electron chi connectivity index (χ1n) is 6.09. The molecule has 0 heterocycles. The van der Waals surface area contributed by atoms with Gasteiger partial charge in [-0.3, -0.25) is 0 Å². The van der Waals surface area contributed by atoms with Crippen LogP contribution in [0.15, 0.2) is 12.1 Å². The molecule has 1 aromatic carbocycles. The predicted octanol–water partition coefficient (Wildman–Crippen LogP) is 3.24. The van der Waals surface area contributed by atoms with E-state index in [1.807, 2.05) is 25.6 Å². The van der Waals surface area contributed by atoms with Gasteiger partial charge in [0.15, 0.2) is 0 Å². The molecule has 1 atom stereocenters. The van der Waals surface area contributed by atoms with Crippen molar-refractivity contribution in [3.05, 3.63) is 28.8 Å². The Hall–Kier alpha value is -0.670. The van der Waals surface area contributed by atoms with Crippen LogP contribution >= 0.6 is 11.8 Å². The van der Waals surface area contributed by atoms with Gasteiger partial charge in [-0.1, -0.05) is 19.1 Å². The van der Waals surface area contributed by atoms with Gasteiger partial charge in [-0.05, 0) is 43.2 Å². The molecule has 1 rings (SSSR count). The quantitative estimate of drug-likeness (QED) is 0.816. The van der Waals surface area contributed by atoms with Gasteiger partial charge in [-0.2, -0.15) is 11.8 Å². The van der Waals surface area contributed by atoms with Gasteiger partial charge < -0.3 is 10.4 Å². The van der Waals surface area contributed by atoms with Crippen molar-refractivity contribution in [2.24, 2.45) is 0 Å². The van der Waals surface area contributed by atoms with Crippen LogP contribution in [0.3, 0.4) is 0 Å². The van der Waals surface area contributed by atoms with Crippen LogP contribution in [0.4, 0.5) is 0 Å². The number of aryl methyl sites for hydroxylation is 2. The van der Waals surface area contributed by atoms with E-state index in [1.165, 1.54) is 5.56 Å². The van der Waals surface area contributed by atoms with E-state index in [1.54, 1.807) is 0 Å². The van der Waals surface area contributed by atoms with Gasteiger partial charge >= 0.3 is 0 Å². The summed E-state index contributed by atoms with van der Waals surface area (Å²) in [6, 6.07) is 4.68. The summed E-state index contributed by atoms with van der Waals surface area (Å²) in [6.07, 6.45) is 3.29. The highest BCUT2D eigenvalue weighted by atomic mass is 32.2. The van der Waals surface area contributed by atoms with Crippen LogP contribution in [0.25, 0.3) is 0 Å². The minimum atomic E-state index is 0.421. The number of hydrogen-bond acceptors (Lipinski definition) is 3. The Labute approximate surface area is 109 Å². The fourth-order valence-corrected chi connectivity index (χ4v) is 2.69. The Morgan fingerprint density at radius 2 is 1.88 bits per heavy atom. The summed E-state index contributed by atoms with van der Waals surface area (Å²) in [6.45, 7) is 6.98. The number of thioether (sulfide) groups is 1. The van der Waals surface area contributed by atoms with Gasteiger partial charge in [0.1, 0.15) is 5.75 Å². The van der Waals surface area contributed by atoms with Crippen molar-refractivity contribution in [2.45, 2.75) is 39.8 Å². The molecule has 0 aliphatic heterocycles. The number of nitrogens with one attached hydrogen (secondary N) is 1. The maximum atomic E-state index is 9.71. The van der Waals surface area contributed by atoms with Crippen molar-refractivity contribution < 1.29 is 5.11 Å². The number of aromatic hydroxyl groups is 1. The molecule has 0 aliphatic rings. The normalized spacial score (nSPS) is 12.7. The van der Waals surface area contributed by atoms with Crippen molar-refractivity contribution in [1.29, 1.82) is 0 Å². The summed E-state index contributed by atoms with van der Waals surface area (Å²) in [7, 11) is 0. The monoisotopic (exact) mass is 253 g/mol. The lowest BCUT2D eigenvalue weighted by Gasteiger charge is -2.16. The molecule has 0 spiro atoms. The van der Waals surface area contributed by atoms with Crippen molar-refractivity contribution in [1.82, 2.24) is 5.32 Å². The highest BCUT2D eigenvalue weighted by Gasteiger charge is 2.07. The molecule has 0 aromatic heterocycles. The highest BCUT2D eigenvalue weighted by Crippen LogP contribution is 2.22. The smallest absolute Gasteiger partial charge is 0.121 e. The summed E-state index contributed by atoms with van der Waals surface area (Å²) in [5.74, 6) is 1.57. The van der Waals surface area contributed by atoms with Crippen molar-refractivity contribution in [3.63, 3.8) is 0 Å². The molecule has 0 saturated carbocycles. The predicted molar refractivity (Wildman–Crippen MR) is 76.9 cm³/mol. The molecular weight excluding hydrogens is 230 g/mol. The maximum absolute atomic E-state index is 9.71. The van der Waals surface area contributed by atoms with Gasteiger partial charge in [-0.15, -0.1) is 0 Å². The Kier molecular flexibility index (Phi) is 5.86. The summed E-state index contributed by atoms with van der Waals surface area (Å²) in [5, 5.41) is 13.3. The van der Waals surface area contributed by atoms with E-state index >= 15 is 0 Å². The van der Waals surface area contributed by atoms with Crippen LogP contribution in [-0.4, -0.2) is 23.2 Å². The van der Waals surface area contributed by atoms with Gasteiger partial charge in [0.25, 0.3) is 0 Å². The lowest BCUT2D eigenvalue weighted by molar-refractivity contribution is 0.466. The fraction of sp³-hybridized carbons (Fsp3) is 0.571. The first-order valence-corrected chi connectivity index (χ1v) is 7.49. The fourth-order valence-electron chi connectivity index (χ4n) is 1.93. The Morgan fingerprint density at radius 1 is 1.29 bits per heavy atom. The lowest BCUT2D eigenvalue weighted by Crippen LogP contribution is -2.30. The van der Waals surface area contributed by atoms with E-state index in [-0.39, 0.29) is 0 Å². The second-order valence-electron chi connectivity index (χ2n) is 4.52. The number of hydrogen-bond donors (Lipinski definition) is 2. The largest absolute Gasteiger partial charge is 0.507 e. The Balaban J connectivity index is 2.63. The van der Waals surface area contributed by atoms with Crippen LogP contribution in [0.1, 0.15) is 30.0 Å². The molecule has 1 unspecified atom stereocenters. The third-order valence-corrected chi connectivity index (χ3v) is 3.74. The topological polar surface area (TPSA) is 32.3 Å². The maximum Gasteiger partial charge on any atom is 0.121 e. The molecule has 2 N–H and O–H groups in total. The molecule has 3 heteroatoms. The summed E-state index contributed by atoms with van der Waals surface area (Å²) < 4.78 is 0. The van der Waals surface area contributed by atoms with E-state index < -0.39 is 0 Å². The number of phenols is 1. The molecule has 0 fully saturated rings. The average Bonchev–Trinajstić information content (AvgIpc) is 2.31. The van der Waals surface area contributed by atoms with Gasteiger partial charge in [0.05, 0.1) is 0 Å². The number of rotatable bonds is 6. The molecule has 0 bridgehead atoms. The SMILES string of the molecule is CCC(CSC)NCc1cc(C)c(O)c(C)c1. The molecule has 0 radical (unpaired) electrons. The van der Waals surface area contributed by atoms with E-state index in [9.17, 15) is 5.11 Å². The summed E-state index contributed by atoms with van der Waals surface area (Å²) in [4.78, 5) is 0. The summed E-state index contributed by atoms with van der Waals surface area (Å²) in [5.41, 5.74) is 3.16. The molecule has 1 aromatic rings. The third kappa shape index (κ3) is 4.25. The molecule has 2 nitrogen and oxygen atoms in total. The average molecular weight is 253 g/mol. The molecule has 96 valence electrons. The Morgan fingerprint density at radius 3 is 2.35 bits per heavy atom. The zero-order valence-electron chi connectivity index (χ0n) is 11.2. The van der Waals surface area contributed by atoms with E-state index in [0.29, 0.717) is 11.8 Å². The zero-order chi connectivity index (χ0) is 12.8. The first-order chi connectivity index (χ1) is 8.08. The number of phenolic OH excluding ortho intramolecular Hbond substituents is 1. The van der Waals surface area contributed by atoms with E-state index in [4.69, 9.17) is 0 Å². The molecule has 0 aliphatic carbocycles. The van der Waals surface area contributed by atoms with Gasteiger partial charge in [-0.25, -0.2) is 0 Å². The van der Waals surface area contributed by atoms with Crippen LogP contribution in [0, 0.1) is 13.8 Å². The van der Waals surface area contributed by atoms with Crippen molar-refractivity contribution in [2.75, 3.05) is 12.0 Å². The summed E-state index contributed by atoms with van der Waals surface area (Å²) >= 11 is 1.88. The second-order valence-corrected chi connectivity index (χ2v) is 5.43. The second kappa shape index (κ2) is 6.92. The molecule has 17 heavy (non-hydrogen) atoms. The third-order valence-electron chi connectivity index (χ3n) is 3.01. The number of benzene rings is 1. The standard InChI is InChI=1S/C14H23NOS/c1-5-13(9-17-4)15-8-12-6-10(2)14(16)11(3)7-12/h6-7,13,15-16H,5,8-9H2,1-4H3. The minimum Gasteiger partial charge on any atom is -0.507 e. The van der Waals surface area contributed by atoms with Crippen LogP contribution in [0.2, 0.25) is 0 Å². The Bertz CT molecular complexity index is 342. The van der Waals surface area contributed by atoms with Crippen LogP contribution in [-0.2, 0) is 6.54 Å². The zero-order valence-corrected chi connectivity index (χ0v) is 12.0. The highest BCUT2D eigenvalue weighted by molar-refractivity contribution is 7.98. The van der Waals surface area contributed by atoms with E-state index in [2.05, 4.69) is 30.6 Å². The molecule has 0 saturated heterocycles. The molecule has 0 amide bonds. The van der Waals surface area contributed by atoms with Crippen LogP contribution < -0.4 is 5.32 Å². The first kappa shape index (κ1) is 14.4. The van der Waals surface area contributed by atoms with Crippen molar-refractivity contribution >= 4 is 11.8 Å². The minimum absolute atomic E-state index is 0.421. The lowest BCUT2D eigenvalue weighted by atomic mass is 10.1. The van der Waals surface area contributed by atoms with Gasteiger partial charge in [0, 0.05) is 18.3 Å². The van der Waals surface area contributed by atoms with E-state index in [0.717, 1.165) is 29.8 Å². The van der Waals surface area contributed by atoms with Gasteiger partial charge in [0.2, 0.25) is 0 Å². The van der Waals surface area contributed by atoms with Crippen LogP contribution in [0.5, 0.6) is 5.75 Å². The van der Waals surface area contributed by atoms with Crippen molar-refractivity contribution in [3.8, 4) is 5.75 Å². The molecular formula is C14H23NOS.